The summed E-state index contributed by atoms with van der Waals surface area (Å²) in [6, 6.07) is 40.3. The normalized spacial score (nSPS) is 23.0. The van der Waals surface area contributed by atoms with Gasteiger partial charge in [0.05, 0.1) is 11.7 Å². The molecule has 7 atom stereocenters. The number of carboxylic acids is 2. The van der Waals surface area contributed by atoms with Gasteiger partial charge in [-0.25, -0.2) is 9.59 Å². The molecule has 12 rings (SSSR count). The summed E-state index contributed by atoms with van der Waals surface area (Å²) < 4.78 is 4.56. The van der Waals surface area contributed by atoms with Crippen LogP contribution in [0.15, 0.2) is 150 Å². The van der Waals surface area contributed by atoms with Gasteiger partial charge in [0.25, 0.3) is 0 Å². The molecule has 0 spiro atoms. The summed E-state index contributed by atoms with van der Waals surface area (Å²) in [7, 11) is 6.28. The van der Waals surface area contributed by atoms with E-state index in [1.807, 2.05) is 11.1 Å². The molecule has 4 aliphatic rings. The van der Waals surface area contributed by atoms with Crippen LogP contribution < -0.4 is 14.6 Å². The van der Waals surface area contributed by atoms with Crippen molar-refractivity contribution in [3.8, 4) is 17.2 Å². The molecule has 8 aromatic rings. The molecule has 0 amide bonds. The molecule has 0 saturated heterocycles. The lowest BCUT2D eigenvalue weighted by Gasteiger charge is -2.62. The lowest BCUT2D eigenvalue weighted by molar-refractivity contribution is -0.646. The number of benzene rings is 6. The van der Waals surface area contributed by atoms with Crippen molar-refractivity contribution in [3.63, 3.8) is 0 Å². The van der Waals surface area contributed by atoms with Crippen molar-refractivity contribution >= 4 is 62.2 Å². The Kier molecular flexibility index (Phi) is 18.1. The number of aliphatic hydroxyl groups is 1. The number of aliphatic hydroxyl groups excluding tert-OH is 1. The van der Waals surface area contributed by atoms with Crippen molar-refractivity contribution in [2.45, 2.75) is 146 Å². The molecule has 2 heterocycles. The van der Waals surface area contributed by atoms with Crippen molar-refractivity contribution in [2.24, 2.45) is 46.5 Å². The van der Waals surface area contributed by atoms with Gasteiger partial charge >= 0.3 is 11.9 Å². The smallest absolute Gasteiger partial charge is 0.339 e. The molecule has 10 heteroatoms. The number of fused-ring (bicyclic) bond motifs is 7. The number of aromatic nitrogens is 2. The van der Waals surface area contributed by atoms with Gasteiger partial charge in [-0.3, -0.25) is 0 Å². The summed E-state index contributed by atoms with van der Waals surface area (Å²) in [5.41, 5.74) is 14.8. The number of aromatic hydroxyl groups is 1. The molecular weight excluding hydrogens is 1100 g/mol. The van der Waals surface area contributed by atoms with Gasteiger partial charge in [-0.2, -0.15) is 4.57 Å². The largest absolute Gasteiger partial charge is 0.872 e. The first-order chi connectivity index (χ1) is 42.2. The second-order valence-corrected chi connectivity index (χ2v) is 28.1. The fourth-order valence-electron chi connectivity index (χ4n) is 17.1. The summed E-state index contributed by atoms with van der Waals surface area (Å²) in [5.74, 6) is -1.39. The highest BCUT2D eigenvalue weighted by molar-refractivity contribution is 6.02. The Morgan fingerprint density at radius 1 is 0.730 bits per heavy atom. The van der Waals surface area contributed by atoms with Crippen LogP contribution in [0.5, 0.6) is 11.5 Å². The quantitative estimate of drug-likeness (QED) is 0.0698. The van der Waals surface area contributed by atoms with E-state index in [0.29, 0.717) is 43.7 Å². The zero-order valence-corrected chi connectivity index (χ0v) is 54.8. The number of carboxylic acid groups (broad SMARTS) is 2. The van der Waals surface area contributed by atoms with E-state index < -0.39 is 23.4 Å². The van der Waals surface area contributed by atoms with E-state index in [9.17, 15) is 35.1 Å². The Labute approximate surface area is 527 Å². The molecule has 6 aromatic carbocycles. The van der Waals surface area contributed by atoms with E-state index in [4.69, 9.17) is 0 Å². The van der Waals surface area contributed by atoms with Crippen LogP contribution in [0.2, 0.25) is 0 Å². The third-order valence-electron chi connectivity index (χ3n) is 22.3. The lowest BCUT2D eigenvalue weighted by atomic mass is 9.43. The monoisotopic (exact) mass is 1200 g/mol. The van der Waals surface area contributed by atoms with Crippen LogP contribution in [0, 0.1) is 53.3 Å². The molecule has 0 radical (unpaired) electrons. The van der Waals surface area contributed by atoms with E-state index in [2.05, 4.69) is 189 Å². The summed E-state index contributed by atoms with van der Waals surface area (Å²) in [6.07, 6.45) is 19.5. The minimum Gasteiger partial charge on any atom is -0.872 e. The number of phenols is 1. The molecule has 2 aromatic heterocycles. The Morgan fingerprint density at radius 2 is 1.37 bits per heavy atom. The molecule has 2 saturated carbocycles. The number of hydrogen-bond acceptors (Lipinski definition) is 6. The molecule has 0 aliphatic heterocycles. The van der Waals surface area contributed by atoms with Crippen LogP contribution in [0.25, 0.3) is 50.3 Å². The molecule has 4 aliphatic carbocycles. The first kappa shape index (κ1) is 64.0. The van der Waals surface area contributed by atoms with E-state index in [0.717, 1.165) is 18.3 Å². The number of hydrogen-bond donors (Lipinski definition) is 4. The number of nitrogens with zero attached hydrogens (tertiary/aromatic N) is 3. The van der Waals surface area contributed by atoms with Crippen LogP contribution in [0.3, 0.4) is 0 Å². The van der Waals surface area contributed by atoms with E-state index in [-0.39, 0.29) is 40.2 Å². The van der Waals surface area contributed by atoms with Crippen LogP contribution in [0.4, 0.5) is 5.69 Å². The van der Waals surface area contributed by atoms with E-state index >= 15 is 0 Å². The SMILES string of the molecule is CC(C)=CCCC(C)C1CCC2(C)C3=C(CCC12C)C1(C)CCC(O)C(C)(C)C1CC3.Cc1cc(C=Cc2ccc3cc(N(C)C)ccc3[n+]2C)c(C)n1-c1ccccc1.O=C(O)c1cc2ccccc2c(Cc2c(O)c(C(=O)O)cc3ccccc23)c1[O-]. The molecule has 4 N–H and O–H groups in total. The first-order valence-corrected chi connectivity index (χ1v) is 32.2. The molecular formula is C79H93N3O7. The maximum Gasteiger partial charge on any atom is 0.339 e. The number of aromatic carboxylic acids is 2. The lowest BCUT2D eigenvalue weighted by Crippen LogP contribution is -2.55. The Balaban J connectivity index is 0.000000147. The number of anilines is 1. The third kappa shape index (κ3) is 11.8. The number of rotatable bonds is 12. The second kappa shape index (κ2) is 25.1. The summed E-state index contributed by atoms with van der Waals surface area (Å²) in [4.78, 5) is 25.3. The van der Waals surface area contributed by atoms with Gasteiger partial charge in [0.2, 0.25) is 11.2 Å². The van der Waals surface area contributed by atoms with Crippen LogP contribution in [-0.4, -0.2) is 57.1 Å². The van der Waals surface area contributed by atoms with Crippen molar-refractivity contribution in [1.29, 1.82) is 0 Å². The van der Waals surface area contributed by atoms with Gasteiger partial charge in [0.15, 0.2) is 0 Å². The predicted molar refractivity (Wildman–Crippen MR) is 362 cm³/mol. The number of para-hydroxylation sites is 1. The highest BCUT2D eigenvalue weighted by atomic mass is 16.4. The molecule has 89 heavy (non-hydrogen) atoms. The van der Waals surface area contributed by atoms with Gasteiger partial charge in [-0.1, -0.05) is 137 Å². The molecule has 0 bridgehead atoms. The Bertz CT molecular complexity index is 4000. The number of carbonyl (C=O) groups is 2. The van der Waals surface area contributed by atoms with Gasteiger partial charge in [-0.05, 0) is 219 Å². The maximum atomic E-state index is 12.9. The number of pyridine rings is 1. The molecule has 466 valence electrons. The second-order valence-electron chi connectivity index (χ2n) is 28.1. The summed E-state index contributed by atoms with van der Waals surface area (Å²) in [5, 5.41) is 56.9. The van der Waals surface area contributed by atoms with Crippen molar-refractivity contribution in [3.05, 3.63) is 195 Å². The van der Waals surface area contributed by atoms with Gasteiger partial charge in [-0.15, -0.1) is 0 Å². The Hall–Kier alpha value is -7.95. The van der Waals surface area contributed by atoms with E-state index in [1.165, 1.54) is 120 Å². The van der Waals surface area contributed by atoms with Crippen LogP contribution >= 0.6 is 0 Å². The number of aryl methyl sites for hydroxylation is 2. The topological polar surface area (TPSA) is 150 Å². The van der Waals surface area contributed by atoms with E-state index in [1.54, 1.807) is 48.5 Å². The molecule has 2 fully saturated rings. The van der Waals surface area contributed by atoms with Gasteiger partial charge in [0.1, 0.15) is 18.4 Å². The van der Waals surface area contributed by atoms with Crippen molar-refractivity contribution in [1.82, 2.24) is 4.57 Å². The maximum absolute atomic E-state index is 12.9. The predicted octanol–water partition coefficient (Wildman–Crippen LogP) is 17.5. The molecule has 7 unspecified atom stereocenters. The zero-order chi connectivity index (χ0) is 64.1. The van der Waals surface area contributed by atoms with Crippen LogP contribution in [-0.2, 0) is 13.5 Å². The number of allylic oxidation sites excluding steroid dienone is 4. The Morgan fingerprint density at radius 3 is 2.02 bits per heavy atom. The van der Waals surface area contributed by atoms with Gasteiger partial charge < -0.3 is 35.0 Å². The highest BCUT2D eigenvalue weighted by Crippen LogP contribution is 2.72. The summed E-state index contributed by atoms with van der Waals surface area (Å²) >= 11 is 0. The van der Waals surface area contributed by atoms with Crippen LogP contribution in [0.1, 0.15) is 174 Å². The minimum atomic E-state index is -1.34. The highest BCUT2D eigenvalue weighted by Gasteiger charge is 2.63. The minimum absolute atomic E-state index is 0.0465. The summed E-state index contributed by atoms with van der Waals surface area (Å²) in [6.45, 7) is 24.0. The van der Waals surface area contributed by atoms with Gasteiger partial charge in [0, 0.05) is 72.4 Å². The first-order valence-electron chi connectivity index (χ1n) is 32.2. The average molecular weight is 1200 g/mol. The van der Waals surface area contributed by atoms with Crippen molar-refractivity contribution < 1.29 is 39.7 Å². The molecule has 10 nitrogen and oxygen atoms in total. The standard InChI is InChI=1S/C30H50O.C26H28N3.C23H16O6/c1-20(2)10-9-11-21(3)22-14-18-30(8)24-12-13-25-27(4,5)26(31)16-17-28(25,6)23(24)15-19-29(22,30)7;1-19-17-21(20(2)29(19)24-9-7-6-8-10-24)11-13-23-14-12-22-18-25(27(3)4)15-16-26(22)28(23)5;24-20-16(14-7-3-1-5-12(14)9-18(20)22(26)27)11-17-15-8-4-2-6-13(15)10-19(21(17)25)23(28)29/h10,21-22,25-26,31H,9,11-19H2,1-8H3;6-18H,1-5H3;1-10,24-25H,11H2,(H,26,27)(H,28,29)/q;+1;/p-1. The average Bonchev–Trinajstić information content (AvgIpc) is 1.68. The third-order valence-corrected chi connectivity index (χ3v) is 22.3. The van der Waals surface area contributed by atoms with Crippen molar-refractivity contribution in [2.75, 3.05) is 19.0 Å². The fourth-order valence-corrected chi connectivity index (χ4v) is 17.1. The zero-order valence-electron chi connectivity index (χ0n) is 54.8. The fraction of sp³-hybridized carbons (Fsp3) is 0.405.